The summed E-state index contributed by atoms with van der Waals surface area (Å²) in [6.07, 6.45) is 0. The van der Waals surface area contributed by atoms with Gasteiger partial charge in [0.05, 0.1) is 5.69 Å². The van der Waals surface area contributed by atoms with Gasteiger partial charge in [-0.2, -0.15) is 0 Å². The van der Waals surface area contributed by atoms with Crippen LogP contribution in [0.3, 0.4) is 0 Å². The number of benzene rings is 2. The summed E-state index contributed by atoms with van der Waals surface area (Å²) in [6, 6.07) is 19.1. The maximum Gasteiger partial charge on any atom is 0.162 e. The van der Waals surface area contributed by atoms with Crippen LogP contribution in [0.5, 0.6) is 0 Å². The normalized spacial score (nSPS) is 10.4. The van der Waals surface area contributed by atoms with E-state index in [-0.39, 0.29) is 0 Å². The van der Waals surface area contributed by atoms with Gasteiger partial charge in [-0.25, -0.2) is 15.8 Å². The van der Waals surface area contributed by atoms with Gasteiger partial charge in [-0.1, -0.05) is 54.1 Å². The third-order valence-electron chi connectivity index (χ3n) is 3.03. The van der Waals surface area contributed by atoms with Gasteiger partial charge in [0.1, 0.15) is 5.82 Å². The zero-order valence-corrected chi connectivity index (χ0v) is 11.9. The first-order chi connectivity index (χ1) is 10.3. The van der Waals surface area contributed by atoms with Crippen molar-refractivity contribution >= 4 is 17.4 Å². The van der Waals surface area contributed by atoms with Crippen LogP contribution in [0.2, 0.25) is 5.02 Å². The second kappa shape index (κ2) is 5.91. The molecule has 0 aliphatic carbocycles. The standard InChI is InChI=1S/C16H13ClN4/c17-13-8-4-7-12(9-13)16-19-14(10-15(20-16)21-18)11-5-2-1-3-6-11/h1-10H,18H2,(H,19,20,21). The zero-order valence-electron chi connectivity index (χ0n) is 11.1. The molecule has 0 radical (unpaired) electrons. The molecule has 0 saturated heterocycles. The fraction of sp³-hybridized carbons (Fsp3) is 0. The van der Waals surface area contributed by atoms with E-state index < -0.39 is 0 Å². The summed E-state index contributed by atoms with van der Waals surface area (Å²) in [7, 11) is 0. The number of nitrogens with one attached hydrogen (secondary N) is 1. The second-order valence-corrected chi connectivity index (χ2v) is 4.92. The summed E-state index contributed by atoms with van der Waals surface area (Å²) in [6.45, 7) is 0. The topological polar surface area (TPSA) is 63.8 Å². The Morgan fingerprint density at radius 2 is 1.62 bits per heavy atom. The quantitative estimate of drug-likeness (QED) is 0.571. The molecule has 0 atom stereocenters. The van der Waals surface area contributed by atoms with Crippen molar-refractivity contribution in [1.82, 2.24) is 9.97 Å². The minimum Gasteiger partial charge on any atom is -0.308 e. The van der Waals surface area contributed by atoms with Crippen molar-refractivity contribution in [3.05, 3.63) is 65.7 Å². The minimum atomic E-state index is 0.554. The van der Waals surface area contributed by atoms with Crippen molar-refractivity contribution in [1.29, 1.82) is 0 Å². The van der Waals surface area contributed by atoms with Crippen molar-refractivity contribution in [2.24, 2.45) is 5.84 Å². The van der Waals surface area contributed by atoms with Gasteiger partial charge in [0, 0.05) is 22.2 Å². The molecule has 21 heavy (non-hydrogen) atoms. The largest absolute Gasteiger partial charge is 0.308 e. The number of hydrogen-bond acceptors (Lipinski definition) is 4. The van der Waals surface area contributed by atoms with E-state index in [0.29, 0.717) is 16.7 Å². The summed E-state index contributed by atoms with van der Waals surface area (Å²) < 4.78 is 0. The molecule has 0 amide bonds. The van der Waals surface area contributed by atoms with E-state index in [1.54, 1.807) is 0 Å². The summed E-state index contributed by atoms with van der Waals surface area (Å²) in [4.78, 5) is 8.98. The lowest BCUT2D eigenvalue weighted by Gasteiger charge is -2.08. The van der Waals surface area contributed by atoms with E-state index in [1.807, 2.05) is 60.7 Å². The third kappa shape index (κ3) is 3.02. The summed E-state index contributed by atoms with van der Waals surface area (Å²) in [5.41, 5.74) is 5.22. The molecule has 0 bridgehead atoms. The van der Waals surface area contributed by atoms with E-state index in [1.165, 1.54) is 0 Å². The second-order valence-electron chi connectivity index (χ2n) is 4.48. The number of aromatic nitrogens is 2. The van der Waals surface area contributed by atoms with Crippen molar-refractivity contribution < 1.29 is 0 Å². The van der Waals surface area contributed by atoms with Crippen LogP contribution < -0.4 is 11.3 Å². The van der Waals surface area contributed by atoms with Gasteiger partial charge >= 0.3 is 0 Å². The van der Waals surface area contributed by atoms with E-state index in [4.69, 9.17) is 17.4 Å². The molecule has 0 unspecified atom stereocenters. The smallest absolute Gasteiger partial charge is 0.162 e. The number of nitrogens with two attached hydrogens (primary N) is 1. The maximum absolute atomic E-state index is 6.03. The van der Waals surface area contributed by atoms with Crippen molar-refractivity contribution in [3.63, 3.8) is 0 Å². The molecule has 1 heterocycles. The molecule has 3 N–H and O–H groups in total. The summed E-state index contributed by atoms with van der Waals surface area (Å²) >= 11 is 6.03. The van der Waals surface area contributed by atoms with E-state index in [2.05, 4.69) is 15.4 Å². The van der Waals surface area contributed by atoms with Gasteiger partial charge in [-0.15, -0.1) is 0 Å². The Morgan fingerprint density at radius 3 is 2.33 bits per heavy atom. The fourth-order valence-corrected chi connectivity index (χ4v) is 2.22. The summed E-state index contributed by atoms with van der Waals surface area (Å²) in [5.74, 6) is 6.64. The minimum absolute atomic E-state index is 0.554. The Bertz CT molecular complexity index is 759. The number of anilines is 1. The van der Waals surface area contributed by atoms with E-state index in [9.17, 15) is 0 Å². The molecule has 0 saturated carbocycles. The van der Waals surface area contributed by atoms with Crippen LogP contribution in [0, 0.1) is 0 Å². The average Bonchev–Trinajstić information content (AvgIpc) is 2.55. The van der Waals surface area contributed by atoms with Gasteiger partial charge < -0.3 is 5.43 Å². The van der Waals surface area contributed by atoms with Crippen LogP contribution in [0.25, 0.3) is 22.6 Å². The molecule has 4 nitrogen and oxygen atoms in total. The highest BCUT2D eigenvalue weighted by atomic mass is 35.5. The molecule has 3 rings (SSSR count). The van der Waals surface area contributed by atoms with Crippen LogP contribution in [0.1, 0.15) is 0 Å². The molecule has 5 heteroatoms. The van der Waals surface area contributed by atoms with Crippen LogP contribution >= 0.6 is 11.6 Å². The molecular formula is C16H13ClN4. The molecule has 2 aromatic carbocycles. The number of hydrazine groups is 1. The van der Waals surface area contributed by atoms with Crippen molar-refractivity contribution in [2.45, 2.75) is 0 Å². The molecule has 104 valence electrons. The summed E-state index contributed by atoms with van der Waals surface area (Å²) in [5, 5.41) is 0.642. The Labute approximate surface area is 127 Å². The van der Waals surface area contributed by atoms with Crippen LogP contribution in [-0.4, -0.2) is 9.97 Å². The van der Waals surface area contributed by atoms with E-state index in [0.717, 1.165) is 16.8 Å². The first-order valence-corrected chi connectivity index (χ1v) is 6.81. The van der Waals surface area contributed by atoms with Gasteiger partial charge in [0.2, 0.25) is 0 Å². The predicted octanol–water partition coefficient (Wildman–Crippen LogP) is 3.75. The van der Waals surface area contributed by atoms with Gasteiger partial charge in [0.25, 0.3) is 0 Å². The Hall–Kier alpha value is -2.43. The first kappa shape index (κ1) is 13.5. The SMILES string of the molecule is NNc1cc(-c2ccccc2)nc(-c2cccc(Cl)c2)n1. The lowest BCUT2D eigenvalue weighted by molar-refractivity contribution is 1.15. The van der Waals surface area contributed by atoms with Gasteiger partial charge in [-0.05, 0) is 12.1 Å². The molecule has 3 aromatic rings. The number of rotatable bonds is 3. The number of nitrogen functional groups attached to an aromatic ring is 1. The Kier molecular flexibility index (Phi) is 3.81. The molecule has 0 fully saturated rings. The molecule has 0 aliphatic rings. The highest BCUT2D eigenvalue weighted by molar-refractivity contribution is 6.30. The first-order valence-electron chi connectivity index (χ1n) is 6.43. The number of hydrogen-bond donors (Lipinski definition) is 2. The number of halogens is 1. The highest BCUT2D eigenvalue weighted by Crippen LogP contribution is 2.25. The molecule has 0 spiro atoms. The third-order valence-corrected chi connectivity index (χ3v) is 3.26. The van der Waals surface area contributed by atoms with Gasteiger partial charge in [-0.3, -0.25) is 0 Å². The zero-order chi connectivity index (χ0) is 14.7. The fourth-order valence-electron chi connectivity index (χ4n) is 2.03. The van der Waals surface area contributed by atoms with Crippen LogP contribution in [0.15, 0.2) is 60.7 Å². The molecule has 0 aliphatic heterocycles. The highest BCUT2D eigenvalue weighted by Gasteiger charge is 2.08. The molecular weight excluding hydrogens is 284 g/mol. The van der Waals surface area contributed by atoms with Crippen molar-refractivity contribution in [2.75, 3.05) is 5.43 Å². The van der Waals surface area contributed by atoms with E-state index >= 15 is 0 Å². The number of nitrogens with zero attached hydrogens (tertiary/aromatic N) is 2. The lowest BCUT2D eigenvalue weighted by Crippen LogP contribution is -2.09. The van der Waals surface area contributed by atoms with Gasteiger partial charge in [0.15, 0.2) is 5.82 Å². The maximum atomic E-state index is 6.03. The average molecular weight is 297 g/mol. The van der Waals surface area contributed by atoms with Crippen LogP contribution in [0.4, 0.5) is 5.82 Å². The lowest BCUT2D eigenvalue weighted by atomic mass is 10.1. The van der Waals surface area contributed by atoms with Crippen molar-refractivity contribution in [3.8, 4) is 22.6 Å². The Balaban J connectivity index is 2.14. The Morgan fingerprint density at radius 1 is 0.857 bits per heavy atom. The van der Waals surface area contributed by atoms with Crippen LogP contribution in [-0.2, 0) is 0 Å². The monoisotopic (exact) mass is 296 g/mol. The molecule has 1 aromatic heterocycles. The predicted molar refractivity (Wildman–Crippen MR) is 85.7 cm³/mol.